The minimum absolute atomic E-state index is 0.178. The number of esters is 1. The number of anilines is 2. The number of hydrogen-bond donors (Lipinski definition) is 2. The van der Waals surface area contributed by atoms with Gasteiger partial charge < -0.3 is 20.3 Å². The number of carbonyl (C=O) groups is 4. The molecule has 0 fully saturated rings. The Bertz CT molecular complexity index is 951. The molecule has 8 heteroatoms. The van der Waals surface area contributed by atoms with Crippen molar-refractivity contribution in [1.29, 1.82) is 0 Å². The van der Waals surface area contributed by atoms with Crippen molar-refractivity contribution in [2.45, 2.75) is 20.8 Å². The molecule has 0 saturated carbocycles. The van der Waals surface area contributed by atoms with E-state index in [1.54, 1.807) is 12.1 Å². The lowest BCUT2D eigenvalue weighted by atomic mass is 10.1. The van der Waals surface area contributed by atoms with Gasteiger partial charge in [0.15, 0.2) is 6.61 Å². The van der Waals surface area contributed by atoms with E-state index in [4.69, 9.17) is 4.74 Å². The lowest BCUT2D eigenvalue weighted by molar-refractivity contribution is -0.136. The number of likely N-dealkylation sites (N-methyl/N-ethyl adjacent to an activating group) is 1. The molecule has 0 aliphatic rings. The zero-order valence-electron chi connectivity index (χ0n) is 17.4. The highest BCUT2D eigenvalue weighted by Crippen LogP contribution is 2.19. The normalized spacial score (nSPS) is 10.1. The summed E-state index contributed by atoms with van der Waals surface area (Å²) >= 11 is 0. The molecule has 30 heavy (non-hydrogen) atoms. The zero-order chi connectivity index (χ0) is 22.3. The fraction of sp³-hybridized carbons (Fsp3) is 0.273. The third-order valence-corrected chi connectivity index (χ3v) is 4.30. The van der Waals surface area contributed by atoms with E-state index < -0.39 is 18.5 Å². The molecule has 0 bridgehead atoms. The van der Waals surface area contributed by atoms with Crippen LogP contribution in [0.3, 0.4) is 0 Å². The predicted octanol–water partition coefficient (Wildman–Crippen LogP) is 2.52. The van der Waals surface area contributed by atoms with Gasteiger partial charge in [0.2, 0.25) is 11.8 Å². The average molecular weight is 411 g/mol. The molecule has 2 N–H and O–H groups in total. The van der Waals surface area contributed by atoms with Crippen LogP contribution in [0.5, 0.6) is 0 Å². The Morgan fingerprint density at radius 3 is 2.23 bits per heavy atom. The topological polar surface area (TPSA) is 105 Å². The molecule has 158 valence electrons. The Morgan fingerprint density at radius 1 is 0.967 bits per heavy atom. The zero-order valence-corrected chi connectivity index (χ0v) is 17.4. The number of hydrogen-bond acceptors (Lipinski definition) is 5. The van der Waals surface area contributed by atoms with E-state index in [9.17, 15) is 19.2 Å². The maximum Gasteiger partial charge on any atom is 0.338 e. The molecule has 0 heterocycles. The second-order valence-electron chi connectivity index (χ2n) is 6.90. The molecule has 3 amide bonds. The largest absolute Gasteiger partial charge is 0.452 e. The first-order chi connectivity index (χ1) is 14.2. The summed E-state index contributed by atoms with van der Waals surface area (Å²) in [5, 5.41) is 5.37. The lowest BCUT2D eigenvalue weighted by Gasteiger charge is -2.18. The molecule has 2 aromatic carbocycles. The SMILES string of the molecule is CC(=O)Nc1cccc(C(=O)OCC(=O)N(C)CC(=O)Nc2c(C)cccc2C)c1. The highest BCUT2D eigenvalue weighted by atomic mass is 16.5. The highest BCUT2D eigenvalue weighted by Gasteiger charge is 2.17. The standard InChI is InChI=1S/C22H25N3O5/c1-14-7-5-8-15(2)21(14)24-19(27)12-25(4)20(28)13-30-22(29)17-9-6-10-18(11-17)23-16(3)26/h5-11H,12-13H2,1-4H3,(H,23,26)(H,24,27). The number of aryl methyl sites for hydroxylation is 2. The number of rotatable bonds is 7. The van der Waals surface area contributed by atoms with Crippen LogP contribution >= 0.6 is 0 Å². The van der Waals surface area contributed by atoms with Gasteiger partial charge in [0.25, 0.3) is 5.91 Å². The van der Waals surface area contributed by atoms with Crippen LogP contribution in [0.25, 0.3) is 0 Å². The number of para-hydroxylation sites is 1. The molecule has 0 spiro atoms. The van der Waals surface area contributed by atoms with E-state index in [1.807, 2.05) is 32.0 Å². The number of ether oxygens (including phenoxy) is 1. The highest BCUT2D eigenvalue weighted by molar-refractivity contribution is 5.97. The summed E-state index contributed by atoms with van der Waals surface area (Å²) < 4.78 is 5.03. The third-order valence-electron chi connectivity index (χ3n) is 4.30. The molecule has 8 nitrogen and oxygen atoms in total. The number of carbonyl (C=O) groups excluding carboxylic acids is 4. The van der Waals surface area contributed by atoms with Gasteiger partial charge in [0.1, 0.15) is 0 Å². The Kier molecular flexibility index (Phi) is 7.69. The molecule has 0 aliphatic carbocycles. The first-order valence-corrected chi connectivity index (χ1v) is 9.32. The van der Waals surface area contributed by atoms with Gasteiger partial charge in [0.05, 0.1) is 12.1 Å². The van der Waals surface area contributed by atoms with Crippen LogP contribution in [-0.4, -0.2) is 48.8 Å². The van der Waals surface area contributed by atoms with E-state index in [0.29, 0.717) is 11.4 Å². The van der Waals surface area contributed by atoms with E-state index >= 15 is 0 Å². The van der Waals surface area contributed by atoms with Crippen LogP contribution in [0.15, 0.2) is 42.5 Å². The Morgan fingerprint density at radius 2 is 1.60 bits per heavy atom. The van der Waals surface area contributed by atoms with Gasteiger partial charge in [-0.25, -0.2) is 4.79 Å². The fourth-order valence-corrected chi connectivity index (χ4v) is 2.74. The summed E-state index contributed by atoms with van der Waals surface area (Å²) in [5.41, 5.74) is 3.21. The summed E-state index contributed by atoms with van der Waals surface area (Å²) in [6, 6.07) is 11.9. The smallest absolute Gasteiger partial charge is 0.338 e. The Labute approximate surface area is 175 Å². The molecule has 0 radical (unpaired) electrons. The van der Waals surface area contributed by atoms with Crippen molar-refractivity contribution in [3.05, 3.63) is 59.2 Å². The molecular formula is C22H25N3O5. The number of nitrogens with zero attached hydrogens (tertiary/aromatic N) is 1. The summed E-state index contributed by atoms with van der Waals surface area (Å²) in [5.74, 6) is -1.84. The molecule has 0 aromatic heterocycles. The van der Waals surface area contributed by atoms with Gasteiger partial charge in [0, 0.05) is 25.3 Å². The number of amides is 3. The first kappa shape index (κ1) is 22.6. The Balaban J connectivity index is 1.87. The van der Waals surface area contributed by atoms with E-state index in [2.05, 4.69) is 10.6 Å². The van der Waals surface area contributed by atoms with Gasteiger partial charge in [-0.15, -0.1) is 0 Å². The van der Waals surface area contributed by atoms with Gasteiger partial charge in [-0.2, -0.15) is 0 Å². The van der Waals surface area contributed by atoms with E-state index in [1.165, 1.54) is 31.0 Å². The number of benzene rings is 2. The minimum Gasteiger partial charge on any atom is -0.452 e. The first-order valence-electron chi connectivity index (χ1n) is 9.32. The third kappa shape index (κ3) is 6.44. The van der Waals surface area contributed by atoms with Crippen molar-refractivity contribution in [2.24, 2.45) is 0 Å². The van der Waals surface area contributed by atoms with E-state index in [-0.39, 0.29) is 23.9 Å². The van der Waals surface area contributed by atoms with Crippen LogP contribution in [0.1, 0.15) is 28.4 Å². The predicted molar refractivity (Wildman–Crippen MR) is 113 cm³/mol. The van der Waals surface area contributed by atoms with Crippen LogP contribution in [0.4, 0.5) is 11.4 Å². The molecule has 0 atom stereocenters. The molecule has 0 aliphatic heterocycles. The molecule has 0 saturated heterocycles. The van der Waals surface area contributed by atoms with Crippen LogP contribution in [-0.2, 0) is 19.1 Å². The summed E-state index contributed by atoms with van der Waals surface area (Å²) in [6.07, 6.45) is 0. The van der Waals surface area contributed by atoms with E-state index in [0.717, 1.165) is 11.1 Å². The summed E-state index contributed by atoms with van der Waals surface area (Å²) in [6.45, 7) is 4.45. The van der Waals surface area contributed by atoms with Gasteiger partial charge >= 0.3 is 5.97 Å². The van der Waals surface area contributed by atoms with Crippen molar-refractivity contribution < 1.29 is 23.9 Å². The van der Waals surface area contributed by atoms with Gasteiger partial charge in [-0.05, 0) is 43.2 Å². The Hall–Kier alpha value is -3.68. The fourth-order valence-electron chi connectivity index (χ4n) is 2.74. The minimum atomic E-state index is -0.705. The lowest BCUT2D eigenvalue weighted by Crippen LogP contribution is -2.37. The van der Waals surface area contributed by atoms with Crippen molar-refractivity contribution in [3.8, 4) is 0 Å². The molecule has 2 rings (SSSR count). The van der Waals surface area contributed by atoms with Gasteiger partial charge in [-0.3, -0.25) is 14.4 Å². The summed E-state index contributed by atoms with van der Waals surface area (Å²) in [7, 11) is 1.46. The monoisotopic (exact) mass is 411 g/mol. The quantitative estimate of drug-likeness (QED) is 0.681. The molecular weight excluding hydrogens is 386 g/mol. The van der Waals surface area contributed by atoms with Crippen LogP contribution < -0.4 is 10.6 Å². The molecule has 2 aromatic rings. The van der Waals surface area contributed by atoms with Gasteiger partial charge in [-0.1, -0.05) is 24.3 Å². The second kappa shape index (κ2) is 10.2. The number of nitrogens with one attached hydrogen (secondary N) is 2. The maximum absolute atomic E-state index is 12.3. The molecule has 0 unspecified atom stereocenters. The van der Waals surface area contributed by atoms with Crippen molar-refractivity contribution in [2.75, 3.05) is 30.8 Å². The average Bonchev–Trinajstić information content (AvgIpc) is 2.68. The second-order valence-corrected chi connectivity index (χ2v) is 6.90. The maximum atomic E-state index is 12.3. The van der Waals surface area contributed by atoms with Crippen molar-refractivity contribution >= 4 is 35.1 Å². The summed E-state index contributed by atoms with van der Waals surface area (Å²) in [4.78, 5) is 49.0. The van der Waals surface area contributed by atoms with Crippen LogP contribution in [0.2, 0.25) is 0 Å². The van der Waals surface area contributed by atoms with Crippen LogP contribution in [0, 0.1) is 13.8 Å². The van der Waals surface area contributed by atoms with Crippen molar-refractivity contribution in [1.82, 2.24) is 4.90 Å². The van der Waals surface area contributed by atoms with Crippen molar-refractivity contribution in [3.63, 3.8) is 0 Å².